The van der Waals surface area contributed by atoms with Gasteiger partial charge in [-0.2, -0.15) is 0 Å². The molecule has 1 saturated heterocycles. The highest BCUT2D eigenvalue weighted by Crippen LogP contribution is 2.07. The van der Waals surface area contributed by atoms with E-state index in [1.807, 2.05) is 0 Å². The second-order valence-corrected chi connectivity index (χ2v) is 2.65. The van der Waals surface area contributed by atoms with Crippen LogP contribution in [0.2, 0.25) is 0 Å². The van der Waals surface area contributed by atoms with Crippen molar-refractivity contribution in [3.63, 3.8) is 0 Å². The first-order chi connectivity index (χ1) is 3.79. The fourth-order valence-electron chi connectivity index (χ4n) is 0.998. The minimum Gasteiger partial charge on any atom is -0.328 e. The number of hydrogen-bond acceptors (Lipinski definition) is 2. The van der Waals surface area contributed by atoms with Crippen LogP contribution < -0.4 is 11.1 Å². The van der Waals surface area contributed by atoms with Crippen LogP contribution in [0.25, 0.3) is 0 Å². The molecular formula is C6H14N2. The summed E-state index contributed by atoms with van der Waals surface area (Å²) >= 11 is 0. The Kier molecular flexibility index (Phi) is 1.86. The standard InChI is InChI=1S/C6H14N2/c1-5(7)4-6-2-3-8-6/h5-6,8H,2-4,7H2,1H3. The summed E-state index contributed by atoms with van der Waals surface area (Å²) in [4.78, 5) is 0. The van der Waals surface area contributed by atoms with E-state index in [9.17, 15) is 0 Å². The van der Waals surface area contributed by atoms with Crippen LogP contribution in [-0.2, 0) is 0 Å². The van der Waals surface area contributed by atoms with E-state index in [1.54, 1.807) is 0 Å². The van der Waals surface area contributed by atoms with Crippen molar-refractivity contribution >= 4 is 0 Å². The van der Waals surface area contributed by atoms with E-state index in [1.165, 1.54) is 13.0 Å². The van der Waals surface area contributed by atoms with E-state index in [0.717, 1.165) is 12.5 Å². The molecule has 0 bridgehead atoms. The summed E-state index contributed by atoms with van der Waals surface area (Å²) in [6, 6.07) is 1.10. The molecule has 0 aromatic rings. The highest BCUT2D eigenvalue weighted by atomic mass is 15.0. The summed E-state index contributed by atoms with van der Waals surface area (Å²) in [6.07, 6.45) is 2.46. The summed E-state index contributed by atoms with van der Waals surface area (Å²) in [7, 11) is 0. The normalized spacial score (nSPS) is 31.5. The second-order valence-electron chi connectivity index (χ2n) is 2.65. The van der Waals surface area contributed by atoms with Gasteiger partial charge in [-0.05, 0) is 26.3 Å². The van der Waals surface area contributed by atoms with E-state index in [0.29, 0.717) is 6.04 Å². The Hall–Kier alpha value is -0.0800. The summed E-state index contributed by atoms with van der Waals surface area (Å²) in [5.41, 5.74) is 5.56. The maximum absolute atomic E-state index is 5.56. The molecule has 1 fully saturated rings. The van der Waals surface area contributed by atoms with Crippen molar-refractivity contribution < 1.29 is 0 Å². The molecule has 1 rings (SSSR count). The molecular weight excluding hydrogens is 100 g/mol. The molecule has 0 radical (unpaired) electrons. The molecule has 2 heteroatoms. The SMILES string of the molecule is CC(N)CC1CCN1. The first-order valence-electron chi connectivity index (χ1n) is 3.28. The first-order valence-corrected chi connectivity index (χ1v) is 3.28. The van der Waals surface area contributed by atoms with Crippen molar-refractivity contribution in [3.05, 3.63) is 0 Å². The van der Waals surface area contributed by atoms with E-state index in [2.05, 4.69) is 12.2 Å². The second kappa shape index (κ2) is 2.46. The van der Waals surface area contributed by atoms with Gasteiger partial charge in [0.05, 0.1) is 0 Å². The zero-order valence-corrected chi connectivity index (χ0v) is 5.35. The van der Waals surface area contributed by atoms with Gasteiger partial charge in [0.2, 0.25) is 0 Å². The molecule has 3 N–H and O–H groups in total. The van der Waals surface area contributed by atoms with Gasteiger partial charge < -0.3 is 11.1 Å². The monoisotopic (exact) mass is 114 g/mol. The maximum atomic E-state index is 5.56. The van der Waals surface area contributed by atoms with Crippen LogP contribution in [0.3, 0.4) is 0 Å². The van der Waals surface area contributed by atoms with Crippen molar-refractivity contribution in [2.75, 3.05) is 6.54 Å². The molecule has 8 heavy (non-hydrogen) atoms. The lowest BCUT2D eigenvalue weighted by Gasteiger charge is -2.28. The summed E-state index contributed by atoms with van der Waals surface area (Å²) < 4.78 is 0. The molecule has 0 aromatic carbocycles. The largest absolute Gasteiger partial charge is 0.328 e. The average molecular weight is 114 g/mol. The van der Waals surface area contributed by atoms with Crippen LogP contribution in [0, 0.1) is 0 Å². The lowest BCUT2D eigenvalue weighted by atomic mass is 10.0. The van der Waals surface area contributed by atoms with Gasteiger partial charge in [-0.3, -0.25) is 0 Å². The van der Waals surface area contributed by atoms with Gasteiger partial charge in [0.15, 0.2) is 0 Å². The van der Waals surface area contributed by atoms with Crippen LogP contribution in [0.4, 0.5) is 0 Å². The summed E-state index contributed by atoms with van der Waals surface area (Å²) in [5.74, 6) is 0. The smallest absolute Gasteiger partial charge is 0.00937 e. The molecule has 0 aromatic heterocycles. The summed E-state index contributed by atoms with van der Waals surface area (Å²) in [6.45, 7) is 3.25. The Morgan fingerprint density at radius 1 is 1.88 bits per heavy atom. The van der Waals surface area contributed by atoms with Crippen molar-refractivity contribution in [1.29, 1.82) is 0 Å². The van der Waals surface area contributed by atoms with Gasteiger partial charge in [-0.25, -0.2) is 0 Å². The Bertz CT molecular complexity index is 66.9. The lowest BCUT2D eigenvalue weighted by Crippen LogP contribution is -2.45. The van der Waals surface area contributed by atoms with E-state index in [-0.39, 0.29) is 0 Å². The van der Waals surface area contributed by atoms with Crippen LogP contribution in [0.5, 0.6) is 0 Å². The zero-order valence-electron chi connectivity index (χ0n) is 5.35. The summed E-state index contributed by atoms with van der Waals surface area (Å²) in [5, 5.41) is 3.30. The Morgan fingerprint density at radius 3 is 2.62 bits per heavy atom. The number of hydrogen-bond donors (Lipinski definition) is 2. The van der Waals surface area contributed by atoms with Gasteiger partial charge in [-0.15, -0.1) is 0 Å². The maximum Gasteiger partial charge on any atom is 0.00937 e. The van der Waals surface area contributed by atoms with Gasteiger partial charge in [-0.1, -0.05) is 0 Å². The van der Waals surface area contributed by atoms with Crippen LogP contribution in [0.1, 0.15) is 19.8 Å². The van der Waals surface area contributed by atoms with Crippen molar-refractivity contribution in [3.8, 4) is 0 Å². The highest BCUT2D eigenvalue weighted by Gasteiger charge is 2.16. The molecule has 0 spiro atoms. The predicted molar refractivity (Wildman–Crippen MR) is 34.7 cm³/mol. The fraction of sp³-hybridized carbons (Fsp3) is 1.00. The van der Waals surface area contributed by atoms with Crippen molar-refractivity contribution in [2.24, 2.45) is 5.73 Å². The van der Waals surface area contributed by atoms with Crippen LogP contribution >= 0.6 is 0 Å². The lowest BCUT2D eigenvalue weighted by molar-refractivity contribution is 0.334. The van der Waals surface area contributed by atoms with E-state index >= 15 is 0 Å². The molecule has 0 amide bonds. The van der Waals surface area contributed by atoms with E-state index < -0.39 is 0 Å². The number of nitrogens with one attached hydrogen (secondary N) is 1. The molecule has 2 nitrogen and oxygen atoms in total. The fourth-order valence-corrected chi connectivity index (χ4v) is 0.998. The topological polar surface area (TPSA) is 38.0 Å². The van der Waals surface area contributed by atoms with Gasteiger partial charge >= 0.3 is 0 Å². The molecule has 2 unspecified atom stereocenters. The van der Waals surface area contributed by atoms with Gasteiger partial charge in [0.25, 0.3) is 0 Å². The molecule has 48 valence electrons. The number of rotatable bonds is 2. The van der Waals surface area contributed by atoms with Crippen molar-refractivity contribution in [1.82, 2.24) is 5.32 Å². The zero-order chi connectivity index (χ0) is 5.98. The molecule has 1 aliphatic heterocycles. The molecule has 2 atom stereocenters. The van der Waals surface area contributed by atoms with Gasteiger partial charge in [0, 0.05) is 12.1 Å². The Morgan fingerprint density at radius 2 is 2.50 bits per heavy atom. The predicted octanol–water partition coefficient (Wildman–Crippen LogP) is 0.0856. The molecule has 1 heterocycles. The van der Waals surface area contributed by atoms with Crippen molar-refractivity contribution in [2.45, 2.75) is 31.8 Å². The van der Waals surface area contributed by atoms with Crippen LogP contribution in [0.15, 0.2) is 0 Å². The first kappa shape index (κ1) is 6.05. The van der Waals surface area contributed by atoms with Crippen LogP contribution in [-0.4, -0.2) is 18.6 Å². The average Bonchev–Trinajstić information content (AvgIpc) is 1.55. The molecule has 0 saturated carbocycles. The molecule has 1 aliphatic rings. The quantitative estimate of drug-likeness (QED) is 0.533. The molecule has 0 aliphatic carbocycles. The Balaban J connectivity index is 2.01. The number of nitrogens with two attached hydrogens (primary N) is 1. The minimum atomic E-state index is 0.368. The third-order valence-electron chi connectivity index (χ3n) is 1.58. The minimum absolute atomic E-state index is 0.368. The third-order valence-corrected chi connectivity index (χ3v) is 1.58. The Labute approximate surface area is 50.4 Å². The van der Waals surface area contributed by atoms with Gasteiger partial charge in [0.1, 0.15) is 0 Å². The van der Waals surface area contributed by atoms with E-state index in [4.69, 9.17) is 5.73 Å². The third kappa shape index (κ3) is 1.46. The highest BCUT2D eigenvalue weighted by molar-refractivity contribution is 4.79.